The molecule has 0 saturated heterocycles. The van der Waals surface area contributed by atoms with Gasteiger partial charge in [-0.25, -0.2) is 0 Å². The van der Waals surface area contributed by atoms with Crippen molar-refractivity contribution in [2.24, 2.45) is 0 Å². The fourth-order valence-electron chi connectivity index (χ4n) is 2.24. The molecule has 0 heterocycles. The minimum atomic E-state index is -0.917. The van der Waals surface area contributed by atoms with Gasteiger partial charge >= 0.3 is 5.97 Å². The lowest BCUT2D eigenvalue weighted by molar-refractivity contribution is -0.146. The van der Waals surface area contributed by atoms with E-state index in [0.29, 0.717) is 38.9 Å². The van der Waals surface area contributed by atoms with Gasteiger partial charge in [0, 0.05) is 32.8 Å². The van der Waals surface area contributed by atoms with E-state index in [1.165, 1.54) is 0 Å². The van der Waals surface area contributed by atoms with E-state index in [0.717, 1.165) is 19.3 Å². The Balaban J connectivity index is 2.15. The van der Waals surface area contributed by atoms with E-state index in [2.05, 4.69) is 5.32 Å². The summed E-state index contributed by atoms with van der Waals surface area (Å²) >= 11 is 0. The topological polar surface area (TPSA) is 77.0 Å². The molecule has 6 heteroatoms. The molecule has 1 fully saturated rings. The van der Waals surface area contributed by atoms with Gasteiger partial charge < -0.3 is 19.3 Å². The lowest BCUT2D eigenvalue weighted by Crippen LogP contribution is -2.52. The van der Waals surface area contributed by atoms with E-state index in [1.807, 2.05) is 6.92 Å². The highest BCUT2D eigenvalue weighted by molar-refractivity contribution is 5.78. The van der Waals surface area contributed by atoms with Crippen molar-refractivity contribution < 1.29 is 24.1 Å². The van der Waals surface area contributed by atoms with E-state index in [1.54, 1.807) is 14.0 Å². The lowest BCUT2D eigenvalue weighted by atomic mass is 9.94. The number of aliphatic carboxylic acids is 1. The predicted octanol–water partition coefficient (Wildman–Crippen LogP) is 1.43. The fourth-order valence-corrected chi connectivity index (χ4v) is 2.24. The Morgan fingerprint density at radius 1 is 1.33 bits per heavy atom. The molecule has 21 heavy (non-hydrogen) atoms. The average molecular weight is 303 g/mol. The average Bonchev–Trinajstić information content (AvgIpc) is 3.21. The van der Waals surface area contributed by atoms with Crippen molar-refractivity contribution in [3.05, 3.63) is 0 Å². The molecule has 124 valence electrons. The Labute approximate surface area is 127 Å². The maximum atomic E-state index is 11.4. The zero-order valence-corrected chi connectivity index (χ0v) is 13.4. The number of nitrogens with one attached hydrogen (secondary N) is 1. The highest BCUT2D eigenvalue weighted by Gasteiger charge is 2.39. The van der Waals surface area contributed by atoms with Crippen molar-refractivity contribution in [1.29, 1.82) is 0 Å². The first-order valence-electron chi connectivity index (χ1n) is 7.67. The Morgan fingerprint density at radius 2 is 2.05 bits per heavy atom. The van der Waals surface area contributed by atoms with Crippen molar-refractivity contribution >= 4 is 5.97 Å². The number of ether oxygens (including phenoxy) is 3. The van der Waals surface area contributed by atoms with Gasteiger partial charge in [0.1, 0.15) is 5.54 Å². The van der Waals surface area contributed by atoms with Gasteiger partial charge in [-0.05, 0) is 33.1 Å². The molecule has 1 saturated carbocycles. The van der Waals surface area contributed by atoms with Gasteiger partial charge in [-0.2, -0.15) is 0 Å². The molecule has 0 aromatic rings. The molecule has 0 spiro atoms. The monoisotopic (exact) mass is 303 g/mol. The second-order valence-corrected chi connectivity index (χ2v) is 5.90. The van der Waals surface area contributed by atoms with Crippen LogP contribution in [0, 0.1) is 0 Å². The summed E-state index contributed by atoms with van der Waals surface area (Å²) < 4.78 is 16.0. The molecule has 1 aliphatic rings. The van der Waals surface area contributed by atoms with Crippen LogP contribution in [0.4, 0.5) is 0 Å². The van der Waals surface area contributed by atoms with Gasteiger partial charge in [-0.3, -0.25) is 10.1 Å². The first-order chi connectivity index (χ1) is 9.98. The summed E-state index contributed by atoms with van der Waals surface area (Å²) in [6.07, 6.45) is 3.32. The van der Waals surface area contributed by atoms with Crippen LogP contribution in [-0.4, -0.2) is 62.3 Å². The van der Waals surface area contributed by atoms with Crippen molar-refractivity contribution in [1.82, 2.24) is 5.32 Å². The number of rotatable bonds is 13. The molecule has 2 atom stereocenters. The van der Waals surface area contributed by atoms with Gasteiger partial charge in [0.2, 0.25) is 0 Å². The molecular weight excluding hydrogens is 274 g/mol. The Kier molecular flexibility index (Phi) is 8.18. The molecule has 1 aliphatic carbocycles. The zero-order chi connectivity index (χ0) is 15.7. The fraction of sp³-hybridized carbons (Fsp3) is 0.933. The van der Waals surface area contributed by atoms with Crippen LogP contribution in [0.3, 0.4) is 0 Å². The van der Waals surface area contributed by atoms with Crippen LogP contribution in [0.15, 0.2) is 0 Å². The second-order valence-electron chi connectivity index (χ2n) is 5.90. The number of carboxylic acid groups (broad SMARTS) is 1. The summed E-state index contributed by atoms with van der Waals surface area (Å²) in [5.41, 5.74) is -0.917. The van der Waals surface area contributed by atoms with Gasteiger partial charge in [0.15, 0.2) is 0 Å². The van der Waals surface area contributed by atoms with Gasteiger partial charge in [0.25, 0.3) is 0 Å². The van der Waals surface area contributed by atoms with Crippen molar-refractivity contribution in [3.8, 4) is 0 Å². The van der Waals surface area contributed by atoms with Crippen LogP contribution in [0.25, 0.3) is 0 Å². The summed E-state index contributed by atoms with van der Waals surface area (Å²) in [6.45, 7) is 5.99. The van der Waals surface area contributed by atoms with Crippen LogP contribution in [0.5, 0.6) is 0 Å². The van der Waals surface area contributed by atoms with Crippen LogP contribution >= 0.6 is 0 Å². The largest absolute Gasteiger partial charge is 0.480 e. The third kappa shape index (κ3) is 7.76. The Hall–Kier alpha value is -0.690. The number of carboxylic acids is 1. The maximum Gasteiger partial charge on any atom is 0.323 e. The van der Waals surface area contributed by atoms with E-state index in [9.17, 15) is 9.90 Å². The minimum Gasteiger partial charge on any atom is -0.480 e. The van der Waals surface area contributed by atoms with Gasteiger partial charge in [-0.1, -0.05) is 0 Å². The molecule has 0 bridgehead atoms. The SMILES string of the molecule is COCCCOCCOC(C)CC(C)(NC1CC1)C(=O)O. The van der Waals surface area contributed by atoms with E-state index < -0.39 is 11.5 Å². The summed E-state index contributed by atoms with van der Waals surface area (Å²) in [5.74, 6) is -0.819. The molecule has 6 nitrogen and oxygen atoms in total. The van der Waals surface area contributed by atoms with E-state index >= 15 is 0 Å². The number of carbonyl (C=O) groups is 1. The lowest BCUT2D eigenvalue weighted by Gasteiger charge is -2.29. The Bertz CT molecular complexity index is 308. The normalized spacial score (nSPS) is 19.2. The maximum absolute atomic E-state index is 11.4. The summed E-state index contributed by atoms with van der Waals surface area (Å²) in [6, 6.07) is 0.349. The smallest absolute Gasteiger partial charge is 0.323 e. The molecule has 1 rings (SSSR count). The highest BCUT2D eigenvalue weighted by atomic mass is 16.5. The summed E-state index contributed by atoms with van der Waals surface area (Å²) in [5, 5.41) is 12.6. The molecule has 0 aliphatic heterocycles. The van der Waals surface area contributed by atoms with E-state index in [-0.39, 0.29) is 6.10 Å². The third-order valence-corrected chi connectivity index (χ3v) is 3.53. The van der Waals surface area contributed by atoms with Crippen molar-refractivity contribution in [2.75, 3.05) is 33.5 Å². The first-order valence-corrected chi connectivity index (χ1v) is 7.67. The third-order valence-electron chi connectivity index (χ3n) is 3.53. The quantitative estimate of drug-likeness (QED) is 0.501. The summed E-state index contributed by atoms with van der Waals surface area (Å²) in [4.78, 5) is 11.4. The molecule has 2 N–H and O–H groups in total. The van der Waals surface area contributed by atoms with Crippen LogP contribution in [0.1, 0.15) is 39.5 Å². The molecule has 0 aromatic heterocycles. The minimum absolute atomic E-state index is 0.125. The summed E-state index contributed by atoms with van der Waals surface area (Å²) in [7, 11) is 1.67. The Morgan fingerprint density at radius 3 is 2.62 bits per heavy atom. The van der Waals surface area contributed by atoms with Gasteiger partial charge in [0.05, 0.1) is 19.3 Å². The van der Waals surface area contributed by atoms with Crippen LogP contribution in [-0.2, 0) is 19.0 Å². The highest BCUT2D eigenvalue weighted by Crippen LogP contribution is 2.25. The molecule has 2 unspecified atom stereocenters. The van der Waals surface area contributed by atoms with Crippen molar-refractivity contribution in [2.45, 2.75) is 57.2 Å². The second kappa shape index (κ2) is 9.35. The first kappa shape index (κ1) is 18.4. The molecule has 0 aromatic carbocycles. The number of hydrogen-bond acceptors (Lipinski definition) is 5. The molecule has 0 radical (unpaired) electrons. The van der Waals surface area contributed by atoms with Gasteiger partial charge in [-0.15, -0.1) is 0 Å². The predicted molar refractivity (Wildman–Crippen MR) is 79.5 cm³/mol. The van der Waals surface area contributed by atoms with Crippen LogP contribution < -0.4 is 5.32 Å². The van der Waals surface area contributed by atoms with E-state index in [4.69, 9.17) is 14.2 Å². The van der Waals surface area contributed by atoms with Crippen molar-refractivity contribution in [3.63, 3.8) is 0 Å². The number of hydrogen-bond donors (Lipinski definition) is 2. The molecule has 0 amide bonds. The van der Waals surface area contributed by atoms with Crippen LogP contribution in [0.2, 0.25) is 0 Å². The number of methoxy groups -OCH3 is 1. The molecular formula is C15H29NO5. The zero-order valence-electron chi connectivity index (χ0n) is 13.4. The standard InChI is InChI=1S/C15H29NO5/c1-12(21-10-9-20-8-4-7-19-3)11-15(2,14(17)18)16-13-5-6-13/h12-13,16H,4-11H2,1-3H3,(H,17,18).